The minimum Gasteiger partial charge on any atom is -0.360 e. The fourth-order valence-electron chi connectivity index (χ4n) is 2.28. The van der Waals surface area contributed by atoms with E-state index in [1.165, 1.54) is 18.2 Å². The molecule has 120 valence electrons. The van der Waals surface area contributed by atoms with Crippen molar-refractivity contribution in [3.8, 4) is 6.07 Å². The van der Waals surface area contributed by atoms with Crippen LogP contribution >= 0.6 is 0 Å². The molecule has 0 bridgehead atoms. The van der Waals surface area contributed by atoms with Crippen molar-refractivity contribution < 1.29 is 17.2 Å². The molecular formula is C16H8F2N2O3S. The van der Waals surface area contributed by atoms with Crippen molar-refractivity contribution in [1.82, 2.24) is 4.98 Å². The number of benzene rings is 2. The van der Waals surface area contributed by atoms with E-state index in [9.17, 15) is 22.0 Å². The van der Waals surface area contributed by atoms with E-state index >= 15 is 0 Å². The standard InChI is InChI=1S/C16H8F2N2O3S/c17-10-4-11(18)6-12(5-10)24(22,23)15-8-20-14-2-1-9(7-19)3-13(14)16(15)21/h1-6,8H,(H,20,21). The van der Waals surface area contributed by atoms with E-state index in [-0.39, 0.29) is 10.9 Å². The fraction of sp³-hybridized carbons (Fsp3) is 0. The van der Waals surface area contributed by atoms with Gasteiger partial charge in [-0.1, -0.05) is 0 Å². The molecule has 0 radical (unpaired) electrons. The van der Waals surface area contributed by atoms with Crippen molar-refractivity contribution >= 4 is 20.7 Å². The highest BCUT2D eigenvalue weighted by Gasteiger charge is 2.24. The molecule has 2 aromatic carbocycles. The molecule has 0 fully saturated rings. The number of hydrogen-bond acceptors (Lipinski definition) is 4. The summed E-state index contributed by atoms with van der Waals surface area (Å²) in [5.74, 6) is -2.14. The predicted molar refractivity (Wildman–Crippen MR) is 81.1 cm³/mol. The number of fused-ring (bicyclic) bond motifs is 1. The number of sulfone groups is 1. The first-order chi connectivity index (χ1) is 11.3. The monoisotopic (exact) mass is 346 g/mol. The molecule has 5 nitrogen and oxygen atoms in total. The van der Waals surface area contributed by atoms with E-state index < -0.39 is 36.7 Å². The molecule has 24 heavy (non-hydrogen) atoms. The maximum atomic E-state index is 13.3. The molecule has 3 aromatic rings. The van der Waals surface area contributed by atoms with Crippen molar-refractivity contribution in [2.24, 2.45) is 0 Å². The van der Waals surface area contributed by atoms with Gasteiger partial charge in [0, 0.05) is 23.2 Å². The van der Waals surface area contributed by atoms with Gasteiger partial charge in [0.1, 0.15) is 16.5 Å². The van der Waals surface area contributed by atoms with Crippen LogP contribution in [0, 0.1) is 23.0 Å². The Bertz CT molecular complexity index is 1160. The maximum Gasteiger partial charge on any atom is 0.212 e. The van der Waals surface area contributed by atoms with Gasteiger partial charge in [-0.05, 0) is 30.3 Å². The second-order valence-corrected chi connectivity index (χ2v) is 6.88. The van der Waals surface area contributed by atoms with Gasteiger partial charge in [-0.3, -0.25) is 4.79 Å². The first-order valence-corrected chi connectivity index (χ1v) is 8.08. The quantitative estimate of drug-likeness (QED) is 0.772. The van der Waals surface area contributed by atoms with Crippen LogP contribution in [-0.2, 0) is 9.84 Å². The van der Waals surface area contributed by atoms with Crippen LogP contribution in [-0.4, -0.2) is 13.4 Å². The Hall–Kier alpha value is -3.05. The molecule has 0 unspecified atom stereocenters. The normalized spacial score (nSPS) is 11.4. The number of nitriles is 1. The number of rotatable bonds is 2. The number of hydrogen-bond donors (Lipinski definition) is 1. The van der Waals surface area contributed by atoms with Crippen LogP contribution in [0.15, 0.2) is 57.2 Å². The summed E-state index contributed by atoms with van der Waals surface area (Å²) in [4.78, 5) is 13.8. The zero-order valence-electron chi connectivity index (χ0n) is 11.9. The fourth-order valence-corrected chi connectivity index (χ4v) is 3.64. The lowest BCUT2D eigenvalue weighted by Gasteiger charge is -2.06. The van der Waals surface area contributed by atoms with Crippen LogP contribution in [0.2, 0.25) is 0 Å². The summed E-state index contributed by atoms with van der Waals surface area (Å²) in [5.41, 5.74) is -0.340. The highest BCUT2D eigenvalue weighted by Crippen LogP contribution is 2.21. The SMILES string of the molecule is N#Cc1ccc2[nH]cc(S(=O)(=O)c3cc(F)cc(F)c3)c(=O)c2c1. The van der Waals surface area contributed by atoms with Crippen LogP contribution in [0.3, 0.4) is 0 Å². The van der Waals surface area contributed by atoms with E-state index in [4.69, 9.17) is 5.26 Å². The lowest BCUT2D eigenvalue weighted by molar-refractivity contribution is 0.567. The maximum absolute atomic E-state index is 13.3. The third kappa shape index (κ3) is 2.55. The van der Waals surface area contributed by atoms with Crippen LogP contribution in [0.4, 0.5) is 8.78 Å². The Kier molecular flexibility index (Phi) is 3.66. The summed E-state index contributed by atoms with van der Waals surface area (Å²) >= 11 is 0. The van der Waals surface area contributed by atoms with Gasteiger partial charge in [-0.2, -0.15) is 5.26 Å². The average molecular weight is 346 g/mol. The zero-order chi connectivity index (χ0) is 17.5. The predicted octanol–water partition coefficient (Wildman–Crippen LogP) is 2.51. The molecule has 0 saturated carbocycles. The molecule has 1 aromatic heterocycles. The Morgan fingerprint density at radius 3 is 2.33 bits per heavy atom. The Balaban J connectivity index is 2.31. The third-order valence-electron chi connectivity index (χ3n) is 3.41. The summed E-state index contributed by atoms with van der Waals surface area (Å²) < 4.78 is 51.7. The van der Waals surface area contributed by atoms with Gasteiger partial charge in [0.15, 0.2) is 0 Å². The van der Waals surface area contributed by atoms with Gasteiger partial charge < -0.3 is 4.98 Å². The smallest absolute Gasteiger partial charge is 0.212 e. The van der Waals surface area contributed by atoms with E-state index in [1.54, 1.807) is 0 Å². The lowest BCUT2D eigenvalue weighted by atomic mass is 10.1. The summed E-state index contributed by atoms with van der Waals surface area (Å²) in [6.07, 6.45) is 0.967. The van der Waals surface area contributed by atoms with Crippen molar-refractivity contribution in [1.29, 1.82) is 5.26 Å². The number of nitrogens with zero attached hydrogens (tertiary/aromatic N) is 1. The number of pyridine rings is 1. The topological polar surface area (TPSA) is 90.8 Å². The van der Waals surface area contributed by atoms with Gasteiger partial charge in [0.05, 0.1) is 16.5 Å². The zero-order valence-corrected chi connectivity index (χ0v) is 12.7. The molecule has 1 heterocycles. The number of aromatic amines is 1. The van der Waals surface area contributed by atoms with Crippen LogP contribution in [0.25, 0.3) is 10.9 Å². The van der Waals surface area contributed by atoms with Crippen LogP contribution < -0.4 is 5.43 Å². The average Bonchev–Trinajstić information content (AvgIpc) is 2.54. The molecule has 1 N–H and O–H groups in total. The van der Waals surface area contributed by atoms with Gasteiger partial charge in [0.2, 0.25) is 15.3 Å². The number of H-pyrrole nitrogens is 1. The van der Waals surface area contributed by atoms with Crippen LogP contribution in [0.1, 0.15) is 5.56 Å². The molecule has 0 aliphatic carbocycles. The van der Waals surface area contributed by atoms with E-state index in [1.807, 2.05) is 6.07 Å². The summed E-state index contributed by atoms with van der Waals surface area (Å²) in [6.45, 7) is 0. The Morgan fingerprint density at radius 2 is 1.71 bits per heavy atom. The summed E-state index contributed by atoms with van der Waals surface area (Å²) in [6, 6.07) is 7.83. The van der Waals surface area contributed by atoms with Crippen molar-refractivity contribution in [3.05, 3.63) is 70.0 Å². The number of halogens is 2. The minimum absolute atomic E-state index is 0.00741. The molecule has 0 aliphatic rings. The van der Waals surface area contributed by atoms with E-state index in [0.29, 0.717) is 23.7 Å². The van der Waals surface area contributed by atoms with Crippen molar-refractivity contribution in [2.45, 2.75) is 9.79 Å². The minimum atomic E-state index is -4.43. The van der Waals surface area contributed by atoms with Gasteiger partial charge in [-0.25, -0.2) is 17.2 Å². The first-order valence-electron chi connectivity index (χ1n) is 6.59. The van der Waals surface area contributed by atoms with E-state index in [0.717, 1.165) is 6.20 Å². The molecule has 0 amide bonds. The molecule has 8 heteroatoms. The molecule has 0 spiro atoms. The molecule has 0 atom stereocenters. The van der Waals surface area contributed by atoms with Crippen LogP contribution in [0.5, 0.6) is 0 Å². The Labute approximate surface area is 134 Å². The Morgan fingerprint density at radius 1 is 1.04 bits per heavy atom. The van der Waals surface area contributed by atoms with Crippen molar-refractivity contribution in [2.75, 3.05) is 0 Å². The molecule has 0 saturated heterocycles. The lowest BCUT2D eigenvalue weighted by Crippen LogP contribution is -2.16. The molecule has 0 aliphatic heterocycles. The van der Waals surface area contributed by atoms with Gasteiger partial charge >= 0.3 is 0 Å². The van der Waals surface area contributed by atoms with Crippen molar-refractivity contribution in [3.63, 3.8) is 0 Å². The van der Waals surface area contributed by atoms with Gasteiger partial charge in [-0.15, -0.1) is 0 Å². The highest BCUT2D eigenvalue weighted by atomic mass is 32.2. The molecular weight excluding hydrogens is 338 g/mol. The first kappa shape index (κ1) is 15.8. The second kappa shape index (κ2) is 5.54. The number of aromatic nitrogens is 1. The third-order valence-corrected chi connectivity index (χ3v) is 5.15. The van der Waals surface area contributed by atoms with Gasteiger partial charge in [0.25, 0.3) is 0 Å². The highest BCUT2D eigenvalue weighted by molar-refractivity contribution is 7.91. The molecule has 3 rings (SSSR count). The van der Waals surface area contributed by atoms with E-state index in [2.05, 4.69) is 4.98 Å². The largest absolute Gasteiger partial charge is 0.360 e. The second-order valence-electron chi connectivity index (χ2n) is 4.96. The summed E-state index contributed by atoms with van der Waals surface area (Å²) in [5, 5.41) is 8.88. The summed E-state index contributed by atoms with van der Waals surface area (Å²) in [7, 11) is -4.43. The number of nitrogens with one attached hydrogen (secondary N) is 1.